The van der Waals surface area contributed by atoms with Crippen molar-refractivity contribution in [2.24, 2.45) is 0 Å². The maximum absolute atomic E-state index is 12.6. The number of amides is 1. The van der Waals surface area contributed by atoms with Crippen molar-refractivity contribution in [3.05, 3.63) is 54.0 Å². The highest BCUT2D eigenvalue weighted by molar-refractivity contribution is 5.93. The zero-order chi connectivity index (χ0) is 15.2. The van der Waals surface area contributed by atoms with Gasteiger partial charge in [0.25, 0.3) is 5.91 Å². The molecule has 3 rings (SSSR count). The Bertz CT molecular complexity index is 601. The minimum Gasteiger partial charge on any atom is -0.489 e. The molecule has 1 amide bonds. The number of para-hydroxylation sites is 1. The van der Waals surface area contributed by atoms with E-state index in [0.717, 1.165) is 37.4 Å². The molecule has 1 fully saturated rings. The molecule has 1 aromatic carbocycles. The number of ether oxygens (including phenoxy) is 1. The minimum atomic E-state index is -0.0552. The van der Waals surface area contributed by atoms with E-state index in [2.05, 4.69) is 5.32 Å². The number of nitrogens with zero attached hydrogens (tertiary/aromatic N) is 1. The molecule has 2 heterocycles. The summed E-state index contributed by atoms with van der Waals surface area (Å²) in [5, 5.41) is 3.29. The molecule has 0 radical (unpaired) electrons. The van der Waals surface area contributed by atoms with Crippen LogP contribution in [0.4, 0.5) is 0 Å². The predicted octanol–water partition coefficient (Wildman–Crippen LogP) is 2.29. The van der Waals surface area contributed by atoms with Crippen LogP contribution in [0.3, 0.4) is 0 Å². The van der Waals surface area contributed by atoms with Gasteiger partial charge in [0.05, 0.1) is 6.26 Å². The molecule has 0 spiro atoms. The van der Waals surface area contributed by atoms with Crippen LogP contribution in [-0.2, 0) is 6.61 Å². The molecule has 1 aliphatic heterocycles. The summed E-state index contributed by atoms with van der Waals surface area (Å²) in [6.07, 6.45) is 2.51. The second kappa shape index (κ2) is 7.13. The summed E-state index contributed by atoms with van der Waals surface area (Å²) in [5.41, 5.74) is 0.783. The lowest BCUT2D eigenvalue weighted by atomic mass is 10.2. The molecule has 1 aliphatic rings. The van der Waals surface area contributed by atoms with Gasteiger partial charge in [-0.15, -0.1) is 0 Å². The first kappa shape index (κ1) is 14.7. The predicted molar refractivity (Wildman–Crippen MR) is 82.9 cm³/mol. The third-order valence-corrected chi connectivity index (χ3v) is 3.71. The summed E-state index contributed by atoms with van der Waals surface area (Å²) < 4.78 is 11.1. The lowest BCUT2D eigenvalue weighted by molar-refractivity contribution is 0.0730. The number of benzene rings is 1. The molecule has 1 aromatic heterocycles. The third-order valence-electron chi connectivity index (χ3n) is 3.71. The van der Waals surface area contributed by atoms with E-state index in [4.69, 9.17) is 9.15 Å². The van der Waals surface area contributed by atoms with E-state index in [9.17, 15) is 4.79 Å². The van der Waals surface area contributed by atoms with Gasteiger partial charge in [0.15, 0.2) is 5.76 Å². The van der Waals surface area contributed by atoms with Crippen molar-refractivity contribution in [3.8, 4) is 5.75 Å². The number of carbonyl (C=O) groups is 1. The molecule has 1 N–H and O–H groups in total. The SMILES string of the molecule is O=C(c1occc1COc1ccccc1)N1CCCNCC1. The van der Waals surface area contributed by atoms with Crippen LogP contribution in [-0.4, -0.2) is 37.0 Å². The van der Waals surface area contributed by atoms with Crippen molar-refractivity contribution in [1.29, 1.82) is 0 Å². The maximum Gasteiger partial charge on any atom is 0.290 e. The largest absolute Gasteiger partial charge is 0.489 e. The second-order valence-electron chi connectivity index (χ2n) is 5.27. The standard InChI is InChI=1S/C17H20N2O3/c20-17(19-10-4-8-18-9-11-19)16-14(7-12-21-16)13-22-15-5-2-1-3-6-15/h1-3,5-7,12,18H,4,8-11,13H2. The Kier molecular flexibility index (Phi) is 4.75. The van der Waals surface area contributed by atoms with Crippen LogP contribution in [0.5, 0.6) is 5.75 Å². The highest BCUT2D eigenvalue weighted by Gasteiger charge is 2.23. The van der Waals surface area contributed by atoms with Crippen LogP contribution >= 0.6 is 0 Å². The topological polar surface area (TPSA) is 54.7 Å². The molecular formula is C17H20N2O3. The molecule has 2 aromatic rings. The summed E-state index contributed by atoms with van der Waals surface area (Å²) in [5.74, 6) is 1.11. The van der Waals surface area contributed by atoms with Crippen molar-refractivity contribution >= 4 is 5.91 Å². The first-order chi connectivity index (χ1) is 10.8. The first-order valence-electron chi connectivity index (χ1n) is 7.59. The zero-order valence-electron chi connectivity index (χ0n) is 12.5. The third kappa shape index (κ3) is 3.49. The number of rotatable bonds is 4. The van der Waals surface area contributed by atoms with Crippen LogP contribution in [0.15, 0.2) is 47.1 Å². The maximum atomic E-state index is 12.6. The summed E-state index contributed by atoms with van der Waals surface area (Å²) in [4.78, 5) is 14.4. The first-order valence-corrected chi connectivity index (χ1v) is 7.59. The molecule has 1 saturated heterocycles. The van der Waals surface area contributed by atoms with Crippen LogP contribution in [0.1, 0.15) is 22.5 Å². The van der Waals surface area contributed by atoms with E-state index < -0.39 is 0 Å². The van der Waals surface area contributed by atoms with Crippen molar-refractivity contribution in [1.82, 2.24) is 10.2 Å². The number of furan rings is 1. The smallest absolute Gasteiger partial charge is 0.290 e. The number of nitrogens with one attached hydrogen (secondary N) is 1. The Morgan fingerprint density at radius 3 is 2.91 bits per heavy atom. The van der Waals surface area contributed by atoms with Crippen LogP contribution in [0, 0.1) is 0 Å². The molecule has 5 heteroatoms. The van der Waals surface area contributed by atoms with Gasteiger partial charge < -0.3 is 19.4 Å². The van der Waals surface area contributed by atoms with Gasteiger partial charge in [0, 0.05) is 25.2 Å². The average molecular weight is 300 g/mol. The molecule has 0 atom stereocenters. The van der Waals surface area contributed by atoms with Gasteiger partial charge in [-0.1, -0.05) is 18.2 Å². The van der Waals surface area contributed by atoms with Gasteiger partial charge in [0.2, 0.25) is 0 Å². The molecule has 0 saturated carbocycles. The average Bonchev–Trinajstić information content (AvgIpc) is 2.86. The van der Waals surface area contributed by atoms with Gasteiger partial charge >= 0.3 is 0 Å². The molecule has 5 nitrogen and oxygen atoms in total. The van der Waals surface area contributed by atoms with E-state index in [-0.39, 0.29) is 5.91 Å². The van der Waals surface area contributed by atoms with E-state index >= 15 is 0 Å². The Hall–Kier alpha value is -2.27. The van der Waals surface area contributed by atoms with Crippen LogP contribution in [0.2, 0.25) is 0 Å². The van der Waals surface area contributed by atoms with Crippen LogP contribution < -0.4 is 10.1 Å². The number of hydrogen-bond acceptors (Lipinski definition) is 4. The van der Waals surface area contributed by atoms with E-state index in [1.807, 2.05) is 35.2 Å². The summed E-state index contributed by atoms with van der Waals surface area (Å²) in [7, 11) is 0. The van der Waals surface area contributed by atoms with Gasteiger partial charge in [0.1, 0.15) is 12.4 Å². The molecule has 22 heavy (non-hydrogen) atoms. The molecular weight excluding hydrogens is 280 g/mol. The fourth-order valence-electron chi connectivity index (χ4n) is 2.51. The second-order valence-corrected chi connectivity index (χ2v) is 5.27. The van der Waals surface area contributed by atoms with Gasteiger partial charge in [-0.2, -0.15) is 0 Å². The molecule has 0 aliphatic carbocycles. The Morgan fingerprint density at radius 1 is 1.18 bits per heavy atom. The quantitative estimate of drug-likeness (QED) is 0.941. The van der Waals surface area contributed by atoms with Gasteiger partial charge in [-0.25, -0.2) is 0 Å². The molecule has 0 unspecified atom stereocenters. The van der Waals surface area contributed by atoms with Crippen LogP contribution in [0.25, 0.3) is 0 Å². The Balaban J connectivity index is 1.67. The summed E-state index contributed by atoms with van der Waals surface area (Å²) >= 11 is 0. The lowest BCUT2D eigenvalue weighted by Gasteiger charge is -2.19. The monoisotopic (exact) mass is 300 g/mol. The van der Waals surface area contributed by atoms with Gasteiger partial charge in [-0.05, 0) is 31.2 Å². The molecule has 0 bridgehead atoms. The van der Waals surface area contributed by atoms with Crippen molar-refractivity contribution < 1.29 is 13.9 Å². The summed E-state index contributed by atoms with van der Waals surface area (Å²) in [6, 6.07) is 11.4. The number of carbonyl (C=O) groups excluding carboxylic acids is 1. The van der Waals surface area contributed by atoms with Crippen molar-refractivity contribution in [2.75, 3.05) is 26.2 Å². The highest BCUT2D eigenvalue weighted by atomic mass is 16.5. The highest BCUT2D eigenvalue weighted by Crippen LogP contribution is 2.17. The van der Waals surface area contributed by atoms with Crippen molar-refractivity contribution in [3.63, 3.8) is 0 Å². The van der Waals surface area contributed by atoms with E-state index in [1.54, 1.807) is 12.3 Å². The number of hydrogen-bond donors (Lipinski definition) is 1. The lowest BCUT2D eigenvalue weighted by Crippen LogP contribution is -2.34. The normalized spacial score (nSPS) is 15.4. The molecule has 116 valence electrons. The van der Waals surface area contributed by atoms with Gasteiger partial charge in [-0.3, -0.25) is 4.79 Å². The summed E-state index contributed by atoms with van der Waals surface area (Å²) in [6.45, 7) is 3.56. The fraction of sp³-hybridized carbons (Fsp3) is 0.353. The van der Waals surface area contributed by atoms with Crippen molar-refractivity contribution in [2.45, 2.75) is 13.0 Å². The minimum absolute atomic E-state index is 0.0552. The Labute approximate surface area is 129 Å². The Morgan fingerprint density at radius 2 is 2.05 bits per heavy atom. The fourth-order valence-corrected chi connectivity index (χ4v) is 2.51. The zero-order valence-corrected chi connectivity index (χ0v) is 12.5. The van der Waals surface area contributed by atoms with E-state index in [1.165, 1.54) is 0 Å². The van der Waals surface area contributed by atoms with E-state index in [0.29, 0.717) is 18.9 Å².